The van der Waals surface area contributed by atoms with Gasteiger partial charge in [0.15, 0.2) is 23.2 Å². The number of anilines is 4. The van der Waals surface area contributed by atoms with Crippen LogP contribution in [0.25, 0.3) is 0 Å². The van der Waals surface area contributed by atoms with Crippen molar-refractivity contribution in [1.82, 2.24) is 23.2 Å². The average Bonchev–Trinajstić information content (AvgIpc) is 3.97. The third-order valence-electron chi connectivity index (χ3n) is 8.86. The fraction of sp³-hybridized carbons (Fsp3) is 0.382. The van der Waals surface area contributed by atoms with Crippen LogP contribution in [0.4, 0.5) is 31.2 Å². The first-order valence-electron chi connectivity index (χ1n) is 17.2. The van der Waals surface area contributed by atoms with E-state index in [0.29, 0.717) is 27.0 Å². The fourth-order valence-corrected chi connectivity index (χ4v) is 8.01. The van der Waals surface area contributed by atoms with Crippen molar-refractivity contribution in [2.24, 2.45) is 11.8 Å². The van der Waals surface area contributed by atoms with Crippen molar-refractivity contribution in [3.8, 4) is 0 Å². The summed E-state index contributed by atoms with van der Waals surface area (Å²) >= 11 is 1.56. The van der Waals surface area contributed by atoms with E-state index >= 15 is 0 Å². The molecule has 4 aromatic rings. The maximum atomic E-state index is 13.0. The lowest BCUT2D eigenvalue weighted by Gasteiger charge is -2.16. The molecule has 2 aromatic heterocycles. The Morgan fingerprint density at radius 2 is 1.15 bits per heavy atom. The number of nitrogens with zero attached hydrogens (tertiary/aromatic N) is 5. The van der Waals surface area contributed by atoms with Gasteiger partial charge in [0.25, 0.3) is 0 Å². The van der Waals surface area contributed by atoms with Crippen molar-refractivity contribution >= 4 is 84.3 Å². The van der Waals surface area contributed by atoms with Crippen molar-refractivity contribution in [2.75, 3.05) is 27.5 Å². The van der Waals surface area contributed by atoms with Crippen LogP contribution in [0.3, 0.4) is 0 Å². The molecular weight excluding hydrogens is 759 g/mol. The zero-order valence-electron chi connectivity index (χ0n) is 29.1. The first-order chi connectivity index (χ1) is 25.9. The number of ketones is 2. The normalized spacial score (nSPS) is 14.9. The van der Waals surface area contributed by atoms with Gasteiger partial charge in [-0.3, -0.25) is 20.2 Å². The molecule has 20 heteroatoms. The summed E-state index contributed by atoms with van der Waals surface area (Å²) in [5, 5.41) is 10.5. The van der Waals surface area contributed by atoms with Crippen molar-refractivity contribution in [1.29, 1.82) is 0 Å². The van der Waals surface area contributed by atoms with E-state index in [1.807, 2.05) is 0 Å². The molecule has 0 atom stereocenters. The molecule has 0 radical (unpaired) electrons. The molecule has 4 amide bonds. The number of hydrogen-bond acceptors (Lipinski definition) is 14. The molecule has 0 aliphatic heterocycles. The molecule has 17 nitrogen and oxygen atoms in total. The van der Waals surface area contributed by atoms with Gasteiger partial charge in [-0.2, -0.15) is 8.75 Å². The number of hydrogen-bond donors (Lipinski definition) is 4. The number of benzene rings is 2. The van der Waals surface area contributed by atoms with Crippen molar-refractivity contribution in [2.45, 2.75) is 64.3 Å². The zero-order chi connectivity index (χ0) is 38.2. The number of rotatable bonds is 14. The topological polar surface area (TPSA) is 232 Å². The Bertz CT molecular complexity index is 2140. The maximum Gasteiger partial charge on any atom is 0.334 e. The number of amides is 4. The van der Waals surface area contributed by atoms with Crippen LogP contribution in [0.1, 0.15) is 83.7 Å². The Hall–Kier alpha value is -5.18. The number of aromatic nitrogens is 4. The van der Waals surface area contributed by atoms with Gasteiger partial charge in [-0.15, -0.1) is 0 Å². The number of urea groups is 2. The minimum Gasteiger partial charge on any atom is -0.352 e. The molecular formula is C34H37N9O8S3. The van der Waals surface area contributed by atoms with E-state index in [9.17, 15) is 32.4 Å². The molecule has 0 spiro atoms. The van der Waals surface area contributed by atoms with E-state index in [2.05, 4.69) is 40.0 Å². The van der Waals surface area contributed by atoms with Gasteiger partial charge in [0.2, 0.25) is 20.3 Å². The molecule has 2 saturated carbocycles. The summed E-state index contributed by atoms with van der Waals surface area (Å²) < 4.78 is 33.5. The number of para-hydroxylation sites is 2. The highest BCUT2D eigenvalue weighted by molar-refractivity contribution is 7.88. The molecule has 2 aliphatic rings. The number of Topliss-reactive ketones (excluding diaryl/α,β-unsaturated/α-hetero) is 2. The standard InChI is InChI=1S/C34H37N9O8S3/c1-54(49,50)43(19-27-38-34(53-42-27)40-32(48)36-25-17-9-7-15-23(25)30(46)21-12-4-5-13-21)51-28(44)18-26-37-33(52-41-26)39-31(47)35-24-16-8-6-14-22(24)29(45)20-10-2-3-11-20/h6-9,14-17,20-21H,2-5,10-13,18-19H2,1H3,(H2,35,37,39,41,47)(H2,36,38,40,42,48). The summed E-state index contributed by atoms with van der Waals surface area (Å²) in [6.45, 7) is -0.564. The predicted molar refractivity (Wildman–Crippen MR) is 201 cm³/mol. The molecule has 2 aliphatic carbocycles. The fourth-order valence-electron chi connectivity index (χ4n) is 6.28. The summed E-state index contributed by atoms with van der Waals surface area (Å²) in [7, 11) is -4.13. The molecule has 54 heavy (non-hydrogen) atoms. The summed E-state index contributed by atoms with van der Waals surface area (Å²) in [6.07, 6.45) is 7.54. The average molecular weight is 796 g/mol. The van der Waals surface area contributed by atoms with E-state index in [1.165, 1.54) is 0 Å². The Balaban J connectivity index is 1.00. The minimum atomic E-state index is -4.13. The van der Waals surface area contributed by atoms with Crippen LogP contribution in [0, 0.1) is 11.8 Å². The van der Waals surface area contributed by atoms with Gasteiger partial charge >= 0.3 is 18.0 Å². The molecule has 0 bridgehead atoms. The SMILES string of the molecule is CS(=O)(=O)N(Cc1nsc(NC(=O)Nc2ccccc2C(=O)C2CCCC2)n1)OC(=O)Cc1nsc(NC(=O)Nc2ccccc2C(=O)C2CCCC2)n1. The second kappa shape index (κ2) is 17.3. The third kappa shape index (κ3) is 10.1. The Morgan fingerprint density at radius 1 is 0.704 bits per heavy atom. The molecule has 284 valence electrons. The van der Waals surface area contributed by atoms with Crippen LogP contribution in [0.5, 0.6) is 0 Å². The summed E-state index contributed by atoms with van der Waals surface area (Å²) in [4.78, 5) is 77.7. The van der Waals surface area contributed by atoms with Crippen LogP contribution in [-0.4, -0.2) is 67.5 Å². The van der Waals surface area contributed by atoms with Crippen LogP contribution in [-0.2, 0) is 32.6 Å². The molecule has 0 saturated heterocycles. The summed E-state index contributed by atoms with van der Waals surface area (Å²) in [5.41, 5.74) is 1.54. The second-order valence-corrected chi connectivity index (χ2v) is 16.2. The monoisotopic (exact) mass is 795 g/mol. The largest absolute Gasteiger partial charge is 0.352 e. The van der Waals surface area contributed by atoms with Gasteiger partial charge in [-0.25, -0.2) is 32.8 Å². The number of carbonyl (C=O) groups excluding carboxylic acids is 5. The van der Waals surface area contributed by atoms with Gasteiger partial charge in [-0.05, 0) is 54.4 Å². The van der Waals surface area contributed by atoms with Crippen molar-refractivity contribution in [3.05, 3.63) is 71.3 Å². The van der Waals surface area contributed by atoms with Crippen LogP contribution in [0.15, 0.2) is 48.5 Å². The first kappa shape index (κ1) is 38.5. The smallest absolute Gasteiger partial charge is 0.334 e. The number of carbonyl (C=O) groups is 5. The lowest BCUT2D eigenvalue weighted by atomic mass is 9.95. The van der Waals surface area contributed by atoms with Gasteiger partial charge in [-0.1, -0.05) is 49.9 Å². The van der Waals surface area contributed by atoms with Crippen molar-refractivity contribution in [3.63, 3.8) is 0 Å². The maximum absolute atomic E-state index is 13.0. The predicted octanol–water partition coefficient (Wildman–Crippen LogP) is 5.89. The highest BCUT2D eigenvalue weighted by Gasteiger charge is 2.28. The minimum absolute atomic E-state index is 0.0142. The second-order valence-electron chi connectivity index (χ2n) is 12.8. The lowest BCUT2D eigenvalue weighted by Crippen LogP contribution is -2.33. The van der Waals surface area contributed by atoms with Crippen LogP contribution < -0.4 is 21.3 Å². The quantitative estimate of drug-likeness (QED) is 0.0865. The highest BCUT2D eigenvalue weighted by Crippen LogP contribution is 2.32. The van der Waals surface area contributed by atoms with Crippen LogP contribution >= 0.6 is 23.1 Å². The summed E-state index contributed by atoms with van der Waals surface area (Å²) in [6, 6.07) is 12.1. The van der Waals surface area contributed by atoms with E-state index < -0.39 is 41.0 Å². The number of nitrogens with one attached hydrogen (secondary N) is 4. The van der Waals surface area contributed by atoms with E-state index in [1.54, 1.807) is 48.5 Å². The number of sulfonamides is 1. The number of hydroxylamine groups is 1. The molecule has 6 rings (SSSR count). The molecule has 2 aromatic carbocycles. The van der Waals surface area contributed by atoms with Gasteiger partial charge in [0.1, 0.15) is 13.0 Å². The Kier molecular flexibility index (Phi) is 12.4. The first-order valence-corrected chi connectivity index (χ1v) is 20.6. The van der Waals surface area contributed by atoms with Crippen LogP contribution in [0.2, 0.25) is 0 Å². The third-order valence-corrected chi connectivity index (χ3v) is 11.1. The van der Waals surface area contributed by atoms with E-state index in [0.717, 1.165) is 80.7 Å². The molecule has 2 heterocycles. The van der Waals surface area contributed by atoms with Gasteiger partial charge in [0.05, 0.1) is 17.6 Å². The Morgan fingerprint density at radius 3 is 1.63 bits per heavy atom. The van der Waals surface area contributed by atoms with E-state index in [-0.39, 0.29) is 45.3 Å². The van der Waals surface area contributed by atoms with Crippen molar-refractivity contribution < 1.29 is 37.2 Å². The summed E-state index contributed by atoms with van der Waals surface area (Å²) in [5.74, 6) is -1.31. The Labute approximate surface area is 318 Å². The van der Waals surface area contributed by atoms with E-state index in [4.69, 9.17) is 4.84 Å². The molecule has 4 N–H and O–H groups in total. The van der Waals surface area contributed by atoms with Gasteiger partial charge in [0, 0.05) is 46.0 Å². The zero-order valence-corrected chi connectivity index (χ0v) is 31.5. The lowest BCUT2D eigenvalue weighted by molar-refractivity contribution is -0.170. The van der Waals surface area contributed by atoms with Gasteiger partial charge < -0.3 is 15.5 Å². The molecule has 0 unspecified atom stereocenters. The molecule has 2 fully saturated rings. The highest BCUT2D eigenvalue weighted by atomic mass is 32.2.